The van der Waals surface area contributed by atoms with Crippen molar-refractivity contribution in [2.24, 2.45) is 5.73 Å². The molecule has 2 N–H and O–H groups in total. The summed E-state index contributed by atoms with van der Waals surface area (Å²) in [6.45, 7) is 2.84. The average molecular weight is 375 g/mol. The molecule has 0 unspecified atom stereocenters. The summed E-state index contributed by atoms with van der Waals surface area (Å²) >= 11 is 15.3. The topological polar surface area (TPSA) is 35.2 Å². The summed E-state index contributed by atoms with van der Waals surface area (Å²) in [6, 6.07) is 9.44. The Bertz CT molecular complexity index is 632. The molecule has 0 heterocycles. The van der Waals surface area contributed by atoms with Gasteiger partial charge in [-0.3, -0.25) is 0 Å². The maximum Gasteiger partial charge on any atom is 0.127 e. The Morgan fingerprint density at radius 1 is 1.15 bits per heavy atom. The lowest BCUT2D eigenvalue weighted by Gasteiger charge is -2.14. The maximum absolute atomic E-state index is 5.99. The van der Waals surface area contributed by atoms with E-state index >= 15 is 0 Å². The third kappa shape index (κ3) is 3.67. The highest BCUT2D eigenvalue weighted by atomic mass is 79.9. The normalized spacial score (nSPS) is 10.7. The van der Waals surface area contributed by atoms with Crippen LogP contribution in [-0.4, -0.2) is 0 Å². The molecule has 2 nitrogen and oxygen atoms in total. The molecular weight excluding hydrogens is 361 g/mol. The Balaban J connectivity index is 2.20. The number of ether oxygens (including phenoxy) is 1. The molecule has 0 aliphatic rings. The zero-order valence-corrected chi connectivity index (χ0v) is 14.0. The van der Waals surface area contributed by atoms with Crippen molar-refractivity contribution >= 4 is 39.1 Å². The number of aryl methyl sites for hydroxylation is 1. The Labute approximate surface area is 137 Å². The van der Waals surface area contributed by atoms with Crippen LogP contribution in [0.2, 0.25) is 10.0 Å². The first-order chi connectivity index (χ1) is 9.51. The summed E-state index contributed by atoms with van der Waals surface area (Å²) in [6.07, 6.45) is 0. The van der Waals surface area contributed by atoms with Crippen LogP contribution in [0.5, 0.6) is 5.75 Å². The number of rotatable bonds is 4. The van der Waals surface area contributed by atoms with E-state index < -0.39 is 0 Å². The van der Waals surface area contributed by atoms with E-state index in [0.29, 0.717) is 23.2 Å². The molecule has 0 atom stereocenters. The van der Waals surface area contributed by atoms with Gasteiger partial charge < -0.3 is 10.5 Å². The van der Waals surface area contributed by atoms with Crippen LogP contribution in [0.25, 0.3) is 0 Å². The molecule has 0 spiro atoms. The van der Waals surface area contributed by atoms with Gasteiger partial charge in [-0.2, -0.15) is 0 Å². The molecule has 2 aromatic carbocycles. The zero-order chi connectivity index (χ0) is 14.7. The quantitative estimate of drug-likeness (QED) is 0.807. The summed E-state index contributed by atoms with van der Waals surface area (Å²) in [4.78, 5) is 0. The van der Waals surface area contributed by atoms with Crippen molar-refractivity contribution in [3.8, 4) is 5.75 Å². The fraction of sp³-hybridized carbons (Fsp3) is 0.200. The molecule has 0 aliphatic carbocycles. The molecule has 0 saturated heterocycles. The zero-order valence-electron chi connectivity index (χ0n) is 10.9. The Kier molecular flexibility index (Phi) is 5.33. The first-order valence-corrected chi connectivity index (χ1v) is 7.62. The summed E-state index contributed by atoms with van der Waals surface area (Å²) < 4.78 is 6.89. The summed E-state index contributed by atoms with van der Waals surface area (Å²) in [5.74, 6) is 0.821. The highest BCUT2D eigenvalue weighted by Gasteiger charge is 2.09. The minimum atomic E-state index is 0.423. The summed E-state index contributed by atoms with van der Waals surface area (Å²) in [7, 11) is 0. The van der Waals surface area contributed by atoms with Crippen molar-refractivity contribution in [2.45, 2.75) is 20.1 Å². The number of nitrogens with two attached hydrogens (primary N) is 1. The molecule has 2 aromatic rings. The lowest BCUT2D eigenvalue weighted by Crippen LogP contribution is -2.04. The summed E-state index contributed by atoms with van der Waals surface area (Å²) in [5.41, 5.74) is 8.74. The SMILES string of the molecule is Cc1cc(Br)cc(CN)c1OCc1ccc(Cl)c(Cl)c1. The second-order valence-corrected chi connectivity index (χ2v) is 6.18. The van der Waals surface area contributed by atoms with Crippen LogP contribution in [-0.2, 0) is 13.2 Å². The third-order valence-corrected chi connectivity index (χ3v) is 4.10. The van der Waals surface area contributed by atoms with E-state index in [0.717, 1.165) is 26.9 Å². The maximum atomic E-state index is 5.99. The van der Waals surface area contributed by atoms with E-state index in [1.165, 1.54) is 0 Å². The van der Waals surface area contributed by atoms with Crippen molar-refractivity contribution in [2.75, 3.05) is 0 Å². The fourth-order valence-corrected chi connectivity index (χ4v) is 2.88. The van der Waals surface area contributed by atoms with Gasteiger partial charge in [0.1, 0.15) is 12.4 Å². The van der Waals surface area contributed by atoms with Crippen LogP contribution in [0.4, 0.5) is 0 Å². The van der Waals surface area contributed by atoms with Gasteiger partial charge in [0, 0.05) is 16.6 Å². The van der Waals surface area contributed by atoms with Crippen molar-refractivity contribution in [1.82, 2.24) is 0 Å². The monoisotopic (exact) mass is 373 g/mol. The highest BCUT2D eigenvalue weighted by molar-refractivity contribution is 9.10. The molecular formula is C15H14BrCl2NO. The minimum Gasteiger partial charge on any atom is -0.488 e. The number of benzene rings is 2. The summed E-state index contributed by atoms with van der Waals surface area (Å²) in [5, 5.41) is 1.07. The minimum absolute atomic E-state index is 0.423. The van der Waals surface area contributed by atoms with E-state index in [2.05, 4.69) is 15.9 Å². The molecule has 106 valence electrons. The lowest BCUT2D eigenvalue weighted by atomic mass is 10.1. The first kappa shape index (κ1) is 15.6. The fourth-order valence-electron chi connectivity index (χ4n) is 1.94. The van der Waals surface area contributed by atoms with Crippen LogP contribution in [0, 0.1) is 6.92 Å². The van der Waals surface area contributed by atoms with Gasteiger partial charge in [-0.05, 0) is 42.3 Å². The van der Waals surface area contributed by atoms with Gasteiger partial charge in [-0.15, -0.1) is 0 Å². The first-order valence-electron chi connectivity index (χ1n) is 6.07. The van der Waals surface area contributed by atoms with E-state index in [1.54, 1.807) is 12.1 Å². The van der Waals surface area contributed by atoms with Crippen LogP contribution < -0.4 is 10.5 Å². The smallest absolute Gasteiger partial charge is 0.127 e. The van der Waals surface area contributed by atoms with Gasteiger partial charge in [-0.1, -0.05) is 45.2 Å². The van der Waals surface area contributed by atoms with Gasteiger partial charge in [0.15, 0.2) is 0 Å². The standard InChI is InChI=1S/C15H14BrCl2NO/c1-9-4-12(16)6-11(7-19)15(9)20-8-10-2-3-13(17)14(18)5-10/h2-6H,7-8,19H2,1H3. The van der Waals surface area contributed by atoms with Crippen molar-refractivity contribution < 1.29 is 4.74 Å². The predicted octanol–water partition coefficient (Wildman–Crippen LogP) is 5.10. The van der Waals surface area contributed by atoms with Gasteiger partial charge in [0.05, 0.1) is 10.0 Å². The molecule has 0 bridgehead atoms. The molecule has 5 heteroatoms. The molecule has 0 radical (unpaired) electrons. The molecule has 0 amide bonds. The highest BCUT2D eigenvalue weighted by Crippen LogP contribution is 2.29. The molecule has 2 rings (SSSR count). The largest absolute Gasteiger partial charge is 0.488 e. The average Bonchev–Trinajstić information content (AvgIpc) is 2.40. The lowest BCUT2D eigenvalue weighted by molar-refractivity contribution is 0.301. The molecule has 20 heavy (non-hydrogen) atoms. The number of halogens is 3. The van der Waals surface area contributed by atoms with Crippen molar-refractivity contribution in [3.05, 3.63) is 61.5 Å². The van der Waals surface area contributed by atoms with Gasteiger partial charge in [0.2, 0.25) is 0 Å². The van der Waals surface area contributed by atoms with E-state index in [9.17, 15) is 0 Å². The van der Waals surface area contributed by atoms with Gasteiger partial charge in [-0.25, -0.2) is 0 Å². The Morgan fingerprint density at radius 2 is 1.90 bits per heavy atom. The van der Waals surface area contributed by atoms with Crippen LogP contribution in [0.3, 0.4) is 0 Å². The molecule has 0 saturated carbocycles. The van der Waals surface area contributed by atoms with E-state index in [4.69, 9.17) is 33.7 Å². The van der Waals surface area contributed by atoms with Crippen molar-refractivity contribution in [3.63, 3.8) is 0 Å². The molecule has 0 fully saturated rings. The van der Waals surface area contributed by atoms with E-state index in [1.807, 2.05) is 25.1 Å². The second-order valence-electron chi connectivity index (χ2n) is 4.45. The van der Waals surface area contributed by atoms with Crippen molar-refractivity contribution in [1.29, 1.82) is 0 Å². The van der Waals surface area contributed by atoms with Crippen LogP contribution >= 0.6 is 39.1 Å². The molecule has 0 aromatic heterocycles. The second kappa shape index (κ2) is 6.81. The van der Waals surface area contributed by atoms with Crippen LogP contribution in [0.1, 0.15) is 16.7 Å². The van der Waals surface area contributed by atoms with E-state index in [-0.39, 0.29) is 0 Å². The Hall–Kier alpha value is -0.740. The predicted molar refractivity (Wildman–Crippen MR) is 87.6 cm³/mol. The Morgan fingerprint density at radius 3 is 2.55 bits per heavy atom. The third-order valence-electron chi connectivity index (χ3n) is 2.90. The van der Waals surface area contributed by atoms with Gasteiger partial charge in [0.25, 0.3) is 0 Å². The van der Waals surface area contributed by atoms with Gasteiger partial charge >= 0.3 is 0 Å². The van der Waals surface area contributed by atoms with Crippen LogP contribution in [0.15, 0.2) is 34.8 Å². The molecule has 0 aliphatic heterocycles. The number of hydrogen-bond donors (Lipinski definition) is 1. The number of hydrogen-bond acceptors (Lipinski definition) is 2.